The Morgan fingerprint density at radius 2 is 2.06 bits per heavy atom. The first-order valence-corrected chi connectivity index (χ1v) is 11.8. The number of nitrogens with zero attached hydrogens (tertiary/aromatic N) is 5. The van der Waals surface area contributed by atoms with E-state index in [1.807, 2.05) is 0 Å². The Labute approximate surface area is 212 Å². The van der Waals surface area contributed by atoms with Gasteiger partial charge in [0, 0.05) is 4.91 Å². The number of anilines is 1. The molecule has 2 amide bonds. The zero-order valence-corrected chi connectivity index (χ0v) is 19.9. The molecule has 5 N–H and O–H groups in total. The maximum absolute atomic E-state index is 12.8. The van der Waals surface area contributed by atoms with Crippen molar-refractivity contribution in [1.82, 2.24) is 25.4 Å². The number of nitrogens with two attached hydrogens (primary N) is 1. The Hall–Kier alpha value is -3.44. The van der Waals surface area contributed by atoms with E-state index in [0.29, 0.717) is 6.07 Å². The summed E-state index contributed by atoms with van der Waals surface area (Å²) in [6.07, 6.45) is -4.33. The normalized spacial score (nSPS) is 20.2. The first kappa shape index (κ1) is 25.6. The highest BCUT2D eigenvalue weighted by Gasteiger charge is 2.54. The van der Waals surface area contributed by atoms with E-state index in [0.717, 1.165) is 34.1 Å². The number of nitrogen functional groups attached to an aromatic ring is 1. The zero-order valence-electron chi connectivity index (χ0n) is 17.5. The third-order valence-electron chi connectivity index (χ3n) is 5.18. The summed E-state index contributed by atoms with van der Waals surface area (Å²) in [4.78, 5) is 42.4. The van der Waals surface area contributed by atoms with Crippen LogP contribution in [0.3, 0.4) is 0 Å². The lowest BCUT2D eigenvalue weighted by molar-refractivity contribution is -0.155. The molecule has 36 heavy (non-hydrogen) atoms. The van der Waals surface area contributed by atoms with Crippen LogP contribution >= 0.6 is 34.7 Å². The van der Waals surface area contributed by atoms with Crippen molar-refractivity contribution in [2.75, 3.05) is 5.73 Å². The summed E-state index contributed by atoms with van der Waals surface area (Å²) >= 11 is 7.56. The topological polar surface area (TPSA) is 184 Å². The van der Waals surface area contributed by atoms with Crippen molar-refractivity contribution < 1.29 is 37.9 Å². The van der Waals surface area contributed by atoms with Crippen molar-refractivity contribution in [3.8, 4) is 0 Å². The highest BCUT2D eigenvalue weighted by molar-refractivity contribution is 8.03. The van der Waals surface area contributed by atoms with Crippen LogP contribution in [0.2, 0.25) is 4.34 Å². The van der Waals surface area contributed by atoms with Gasteiger partial charge in [-0.15, -0.1) is 10.2 Å². The largest absolute Gasteiger partial charge is 0.477 e. The predicted octanol–water partition coefficient (Wildman–Crippen LogP) is 1.94. The number of β-lactam (4-membered cyclic amide) rings is 1. The van der Waals surface area contributed by atoms with E-state index in [4.69, 9.17) is 17.3 Å². The summed E-state index contributed by atoms with van der Waals surface area (Å²) < 4.78 is 38.1. The number of aromatic nitrogens is 3. The SMILES string of the molecule is Nc1nc(/C(=N/O)C(=O)N[C@@H]2C(=O)N3C(C(=O)O)=C(Sc4ccc(C(F)(F)F)nn4)CC[C@H]23)c(Cl)s1. The van der Waals surface area contributed by atoms with Gasteiger partial charge in [-0.25, -0.2) is 9.78 Å². The number of allylic oxidation sites excluding steroid dienone is 1. The molecule has 0 aromatic carbocycles. The summed E-state index contributed by atoms with van der Waals surface area (Å²) in [6, 6.07) is -0.0981. The third kappa shape index (κ3) is 4.68. The second kappa shape index (κ2) is 9.55. The lowest BCUT2D eigenvalue weighted by Gasteiger charge is -2.50. The highest BCUT2D eigenvalue weighted by Crippen LogP contribution is 2.43. The number of thioether (sulfide) groups is 1. The molecule has 4 rings (SSSR count). The smallest absolute Gasteiger partial charge is 0.435 e. The Bertz CT molecular complexity index is 1320. The molecule has 2 aromatic rings. The van der Waals surface area contributed by atoms with E-state index in [1.54, 1.807) is 0 Å². The van der Waals surface area contributed by atoms with Crippen LogP contribution in [0.5, 0.6) is 0 Å². The second-order valence-electron chi connectivity index (χ2n) is 7.32. The number of carbonyl (C=O) groups is 3. The Morgan fingerprint density at radius 1 is 1.33 bits per heavy atom. The van der Waals surface area contributed by atoms with E-state index in [9.17, 15) is 37.9 Å². The molecule has 1 fully saturated rings. The molecule has 2 atom stereocenters. The monoisotopic (exact) mass is 563 g/mol. The fourth-order valence-corrected chi connectivity index (χ4v) is 5.55. The molecule has 0 bridgehead atoms. The van der Waals surface area contributed by atoms with Crippen LogP contribution in [-0.4, -0.2) is 66.0 Å². The van der Waals surface area contributed by atoms with Gasteiger partial charge in [-0.2, -0.15) is 13.2 Å². The van der Waals surface area contributed by atoms with Crippen molar-refractivity contribution in [2.45, 2.75) is 36.1 Å². The number of oxime groups is 1. The first-order chi connectivity index (χ1) is 16.9. The van der Waals surface area contributed by atoms with E-state index in [1.165, 1.54) is 0 Å². The Morgan fingerprint density at radius 3 is 2.58 bits per heavy atom. The van der Waals surface area contributed by atoms with Crippen molar-refractivity contribution in [3.05, 3.63) is 38.5 Å². The minimum absolute atomic E-state index is 0.0104. The Balaban J connectivity index is 1.52. The highest BCUT2D eigenvalue weighted by atomic mass is 35.5. The molecule has 2 aliphatic heterocycles. The van der Waals surface area contributed by atoms with Crippen LogP contribution < -0.4 is 11.1 Å². The van der Waals surface area contributed by atoms with Crippen molar-refractivity contribution in [3.63, 3.8) is 0 Å². The lowest BCUT2D eigenvalue weighted by Crippen LogP contribution is -2.72. The van der Waals surface area contributed by atoms with E-state index >= 15 is 0 Å². The van der Waals surface area contributed by atoms with Crippen LogP contribution in [-0.2, 0) is 20.6 Å². The maximum Gasteiger partial charge on any atom is 0.435 e. The standard InChI is InChI=1S/C18H13ClF3N7O5S2/c19-13-10(25-17(23)36-13)11(28-34)14(30)24-9-5-1-2-6(12(16(32)33)29(5)15(9)31)35-8-4-3-7(26-27-8)18(20,21)22/h3-5,9,34H,1-2H2,(H2,23,25)(H,24,30)(H,32,33)/b28-11-/t5-,9+/m1/s1. The van der Waals surface area contributed by atoms with Crippen LogP contribution in [0.1, 0.15) is 24.2 Å². The number of halogens is 4. The molecule has 2 aliphatic rings. The van der Waals surface area contributed by atoms with Gasteiger partial charge in [-0.3, -0.25) is 14.5 Å². The first-order valence-electron chi connectivity index (χ1n) is 9.75. The third-order valence-corrected chi connectivity index (χ3v) is 7.34. The number of alkyl halides is 3. The number of nitrogens with one attached hydrogen (secondary N) is 1. The van der Waals surface area contributed by atoms with Gasteiger partial charge in [0.25, 0.3) is 11.8 Å². The van der Waals surface area contributed by atoms with E-state index in [-0.39, 0.29) is 43.6 Å². The van der Waals surface area contributed by atoms with Crippen molar-refractivity contribution in [2.24, 2.45) is 5.16 Å². The number of carbonyl (C=O) groups excluding carboxylic acids is 2. The van der Waals surface area contributed by atoms with Crippen molar-refractivity contribution in [1.29, 1.82) is 0 Å². The summed E-state index contributed by atoms with van der Waals surface area (Å²) in [5.74, 6) is -3.17. The molecule has 0 radical (unpaired) electrons. The van der Waals surface area contributed by atoms with Gasteiger partial charge in [0.1, 0.15) is 26.8 Å². The summed E-state index contributed by atoms with van der Waals surface area (Å²) in [5.41, 5.74) is 3.19. The minimum Gasteiger partial charge on any atom is -0.477 e. The summed E-state index contributed by atoms with van der Waals surface area (Å²) in [7, 11) is 0. The number of rotatable bonds is 6. The minimum atomic E-state index is -4.68. The van der Waals surface area contributed by atoms with Crippen LogP contribution in [0.15, 0.2) is 32.9 Å². The fourth-order valence-electron chi connectivity index (χ4n) is 3.65. The zero-order chi connectivity index (χ0) is 26.4. The van der Waals surface area contributed by atoms with Crippen LogP contribution in [0.25, 0.3) is 0 Å². The van der Waals surface area contributed by atoms with Gasteiger partial charge in [0.05, 0.1) is 6.04 Å². The number of amides is 2. The molecule has 12 nitrogen and oxygen atoms in total. The van der Waals surface area contributed by atoms with Gasteiger partial charge in [0.2, 0.25) is 0 Å². The average molecular weight is 564 g/mol. The van der Waals surface area contributed by atoms with Crippen LogP contribution in [0.4, 0.5) is 18.3 Å². The molecular formula is C18H13ClF3N7O5S2. The van der Waals surface area contributed by atoms with Crippen molar-refractivity contribution >= 4 is 63.3 Å². The number of aliphatic carboxylic acids is 1. The molecule has 1 saturated heterocycles. The molecule has 0 aliphatic carbocycles. The quantitative estimate of drug-likeness (QED) is 0.175. The predicted molar refractivity (Wildman–Crippen MR) is 119 cm³/mol. The number of hydrogen-bond acceptors (Lipinski definition) is 11. The molecule has 0 saturated carbocycles. The molecule has 0 unspecified atom stereocenters. The Kier molecular flexibility index (Phi) is 6.80. The lowest BCUT2D eigenvalue weighted by atomic mass is 9.86. The van der Waals surface area contributed by atoms with Gasteiger partial charge >= 0.3 is 12.1 Å². The molecule has 18 heteroatoms. The van der Waals surface area contributed by atoms with Gasteiger partial charge < -0.3 is 21.4 Å². The second-order valence-corrected chi connectivity index (χ2v) is 10.1. The van der Waals surface area contributed by atoms with E-state index < -0.39 is 47.4 Å². The summed E-state index contributed by atoms with van der Waals surface area (Å²) in [6.45, 7) is 0. The van der Waals surface area contributed by atoms with Gasteiger partial charge in [0.15, 0.2) is 16.5 Å². The van der Waals surface area contributed by atoms with E-state index in [2.05, 4.69) is 25.7 Å². The summed E-state index contributed by atoms with van der Waals surface area (Å²) in [5, 5.41) is 30.9. The molecular weight excluding hydrogens is 551 g/mol. The van der Waals surface area contributed by atoms with Gasteiger partial charge in [-0.1, -0.05) is 39.9 Å². The average Bonchev–Trinajstić information content (AvgIpc) is 3.14. The molecule has 190 valence electrons. The molecule has 4 heterocycles. The number of hydrogen-bond donors (Lipinski definition) is 4. The fraction of sp³-hybridized carbons (Fsp3) is 0.278. The number of fused-ring (bicyclic) bond motifs is 1. The molecule has 2 aromatic heterocycles. The maximum atomic E-state index is 12.8. The van der Waals surface area contributed by atoms with Gasteiger partial charge in [-0.05, 0) is 25.0 Å². The molecule has 0 spiro atoms. The number of carboxylic acids is 1. The number of carboxylic acid groups (broad SMARTS) is 1. The van der Waals surface area contributed by atoms with Crippen LogP contribution in [0, 0.1) is 0 Å². The number of thiazole rings is 1.